The minimum absolute atomic E-state index is 0.00120. The van der Waals surface area contributed by atoms with Gasteiger partial charge in [0.05, 0.1) is 19.5 Å². The van der Waals surface area contributed by atoms with E-state index in [1.54, 1.807) is 4.90 Å². The summed E-state index contributed by atoms with van der Waals surface area (Å²) in [6, 6.07) is 9.48. The zero-order chi connectivity index (χ0) is 13.7. The molecule has 6 nitrogen and oxygen atoms in total. The molecule has 0 aliphatic carbocycles. The van der Waals surface area contributed by atoms with Crippen molar-refractivity contribution in [3.63, 3.8) is 0 Å². The fraction of sp³-hybridized carbons (Fsp3) is 0.385. The van der Waals surface area contributed by atoms with Crippen LogP contribution in [0.1, 0.15) is 12.0 Å². The van der Waals surface area contributed by atoms with E-state index in [9.17, 15) is 9.59 Å². The molecule has 5 N–H and O–H groups in total. The number of carbonyl (C=O) groups is 2. The Hall–Kier alpha value is -1.92. The van der Waals surface area contributed by atoms with Crippen LogP contribution in [0.5, 0.6) is 0 Å². The molecule has 1 aliphatic heterocycles. The number of benzene rings is 1. The van der Waals surface area contributed by atoms with Crippen LogP contribution < -0.4 is 16.6 Å². The molecule has 1 aromatic carbocycles. The number of quaternary nitrogens is 1. The summed E-state index contributed by atoms with van der Waals surface area (Å²) in [5, 5.41) is 1.90. The van der Waals surface area contributed by atoms with Gasteiger partial charge in [0.2, 0.25) is 5.91 Å². The van der Waals surface area contributed by atoms with Crippen molar-refractivity contribution in [2.24, 2.45) is 5.84 Å². The second-order valence-corrected chi connectivity index (χ2v) is 4.65. The van der Waals surface area contributed by atoms with Gasteiger partial charge in [0.15, 0.2) is 6.04 Å². The van der Waals surface area contributed by atoms with Crippen molar-refractivity contribution in [3.8, 4) is 0 Å². The quantitative estimate of drug-likeness (QED) is 0.345. The molecule has 1 atom stereocenters. The first-order valence-corrected chi connectivity index (χ1v) is 6.36. The molecule has 102 valence electrons. The van der Waals surface area contributed by atoms with Crippen LogP contribution in [0.25, 0.3) is 0 Å². The fourth-order valence-electron chi connectivity index (χ4n) is 2.27. The van der Waals surface area contributed by atoms with Crippen LogP contribution in [0.2, 0.25) is 0 Å². The highest BCUT2D eigenvalue weighted by Gasteiger charge is 2.33. The van der Waals surface area contributed by atoms with Crippen molar-refractivity contribution < 1.29 is 14.9 Å². The number of hydrogen-bond donors (Lipinski definition) is 3. The molecular formula is C13H19N4O2+. The molecule has 1 saturated heterocycles. The summed E-state index contributed by atoms with van der Waals surface area (Å²) in [4.78, 5) is 25.3. The van der Waals surface area contributed by atoms with E-state index in [0.29, 0.717) is 13.1 Å². The summed E-state index contributed by atoms with van der Waals surface area (Å²) in [6.45, 7) is 2.10. The third-order valence-electron chi connectivity index (χ3n) is 3.26. The van der Waals surface area contributed by atoms with Crippen LogP contribution in [0.4, 0.5) is 0 Å². The van der Waals surface area contributed by atoms with E-state index in [1.165, 1.54) is 0 Å². The maximum atomic E-state index is 12.3. The van der Waals surface area contributed by atoms with Gasteiger partial charge in [-0.1, -0.05) is 30.3 Å². The Balaban J connectivity index is 1.98. The van der Waals surface area contributed by atoms with Gasteiger partial charge in [0, 0.05) is 6.54 Å². The number of nitrogens with one attached hydrogen (secondary N) is 1. The van der Waals surface area contributed by atoms with E-state index in [4.69, 9.17) is 5.84 Å². The van der Waals surface area contributed by atoms with Crippen molar-refractivity contribution >= 4 is 11.8 Å². The average molecular weight is 263 g/mol. The van der Waals surface area contributed by atoms with Gasteiger partial charge in [-0.05, 0) is 5.56 Å². The lowest BCUT2D eigenvalue weighted by Crippen LogP contribution is -2.96. The Bertz CT molecular complexity index is 449. The first-order valence-electron chi connectivity index (χ1n) is 6.36. The molecule has 2 amide bonds. The maximum absolute atomic E-state index is 12.3. The summed E-state index contributed by atoms with van der Waals surface area (Å²) in [7, 11) is 0. The van der Waals surface area contributed by atoms with Crippen molar-refractivity contribution in [1.29, 1.82) is 0 Å². The highest BCUT2D eigenvalue weighted by molar-refractivity contribution is 5.87. The Morgan fingerprint density at radius 2 is 2.16 bits per heavy atom. The Kier molecular flexibility index (Phi) is 4.48. The molecule has 0 radical (unpaired) electrons. The van der Waals surface area contributed by atoms with Crippen LogP contribution >= 0.6 is 0 Å². The number of amides is 2. The summed E-state index contributed by atoms with van der Waals surface area (Å²) < 4.78 is 0. The molecule has 0 spiro atoms. The van der Waals surface area contributed by atoms with Crippen LogP contribution in [-0.4, -0.2) is 35.8 Å². The lowest BCUT2D eigenvalue weighted by Gasteiger charge is -2.30. The number of hydrazine groups is 1. The minimum atomic E-state index is -0.360. The van der Waals surface area contributed by atoms with E-state index in [0.717, 1.165) is 12.1 Å². The van der Waals surface area contributed by atoms with Crippen LogP contribution in [0.15, 0.2) is 30.3 Å². The predicted molar refractivity (Wildman–Crippen MR) is 69.4 cm³/mol. The molecule has 1 aromatic rings. The van der Waals surface area contributed by atoms with Gasteiger partial charge in [0.25, 0.3) is 5.91 Å². The van der Waals surface area contributed by atoms with Crippen molar-refractivity contribution in [3.05, 3.63) is 35.9 Å². The monoisotopic (exact) mass is 263 g/mol. The summed E-state index contributed by atoms with van der Waals surface area (Å²) in [6.07, 6.45) is 0.126. The molecule has 2 rings (SSSR count). The molecule has 6 heteroatoms. The number of nitrogens with zero attached hydrogens (tertiary/aromatic N) is 1. The molecule has 0 unspecified atom stereocenters. The minimum Gasteiger partial charge on any atom is -0.334 e. The first kappa shape index (κ1) is 13.5. The number of piperazine rings is 1. The third-order valence-corrected chi connectivity index (χ3v) is 3.26. The van der Waals surface area contributed by atoms with E-state index >= 15 is 0 Å². The Morgan fingerprint density at radius 3 is 2.84 bits per heavy atom. The summed E-state index contributed by atoms with van der Waals surface area (Å²) in [5.41, 5.74) is 3.16. The smallest absolute Gasteiger partial charge is 0.281 e. The maximum Gasteiger partial charge on any atom is 0.281 e. The lowest BCUT2D eigenvalue weighted by atomic mass is 10.1. The number of hydrogen-bond acceptors (Lipinski definition) is 3. The lowest BCUT2D eigenvalue weighted by molar-refractivity contribution is -0.682. The molecule has 0 bridgehead atoms. The zero-order valence-electron chi connectivity index (χ0n) is 10.7. The Morgan fingerprint density at radius 1 is 1.42 bits per heavy atom. The van der Waals surface area contributed by atoms with E-state index in [1.807, 2.05) is 35.6 Å². The number of carbonyl (C=O) groups excluding carboxylic acids is 2. The summed E-state index contributed by atoms with van der Waals surface area (Å²) >= 11 is 0. The van der Waals surface area contributed by atoms with Gasteiger partial charge in [-0.15, -0.1) is 0 Å². The average Bonchev–Trinajstić information content (AvgIpc) is 2.44. The van der Waals surface area contributed by atoms with Crippen molar-refractivity contribution in [2.75, 3.05) is 13.1 Å². The molecule has 19 heavy (non-hydrogen) atoms. The van der Waals surface area contributed by atoms with E-state index in [2.05, 4.69) is 5.43 Å². The van der Waals surface area contributed by atoms with Gasteiger partial charge in [0.1, 0.15) is 0 Å². The standard InChI is InChI=1S/C13H18N4O2/c14-16-12(18)8-11-13(19)17(7-6-15-11)9-10-4-2-1-3-5-10/h1-5,11,15H,6-9,14H2,(H,16,18)/p+1/t11-/m0/s1. The van der Waals surface area contributed by atoms with Gasteiger partial charge in [-0.3, -0.25) is 15.0 Å². The van der Waals surface area contributed by atoms with Crippen LogP contribution in [0.3, 0.4) is 0 Å². The number of rotatable bonds is 4. The van der Waals surface area contributed by atoms with E-state index in [-0.39, 0.29) is 24.3 Å². The molecule has 0 saturated carbocycles. The second-order valence-electron chi connectivity index (χ2n) is 4.65. The second kappa shape index (κ2) is 6.31. The van der Waals surface area contributed by atoms with Crippen LogP contribution in [-0.2, 0) is 16.1 Å². The molecule has 1 heterocycles. The molecule has 0 aromatic heterocycles. The van der Waals surface area contributed by atoms with Gasteiger partial charge in [-0.25, -0.2) is 5.84 Å². The normalized spacial score (nSPS) is 19.3. The zero-order valence-corrected chi connectivity index (χ0v) is 10.7. The largest absolute Gasteiger partial charge is 0.334 e. The summed E-state index contributed by atoms with van der Waals surface area (Å²) in [5.74, 6) is 4.74. The number of nitrogens with two attached hydrogens (primary N) is 2. The SMILES string of the molecule is NNC(=O)C[C@@H]1[NH2+]CCN(Cc2ccccc2)C1=O. The van der Waals surface area contributed by atoms with Gasteiger partial charge < -0.3 is 10.2 Å². The molecule has 1 aliphatic rings. The van der Waals surface area contributed by atoms with E-state index < -0.39 is 0 Å². The van der Waals surface area contributed by atoms with Gasteiger partial charge in [-0.2, -0.15) is 0 Å². The Labute approximate surface area is 111 Å². The third kappa shape index (κ3) is 3.52. The van der Waals surface area contributed by atoms with Crippen molar-refractivity contribution in [1.82, 2.24) is 10.3 Å². The van der Waals surface area contributed by atoms with Gasteiger partial charge >= 0.3 is 0 Å². The molecular weight excluding hydrogens is 244 g/mol. The predicted octanol–water partition coefficient (Wildman–Crippen LogP) is -1.66. The fourth-order valence-corrected chi connectivity index (χ4v) is 2.27. The van der Waals surface area contributed by atoms with Crippen LogP contribution in [0, 0.1) is 0 Å². The first-order chi connectivity index (χ1) is 9.20. The topological polar surface area (TPSA) is 92.0 Å². The highest BCUT2D eigenvalue weighted by Crippen LogP contribution is 2.07. The highest BCUT2D eigenvalue weighted by atomic mass is 16.2. The van der Waals surface area contributed by atoms with Crippen molar-refractivity contribution in [2.45, 2.75) is 19.0 Å². The molecule has 1 fully saturated rings.